The molecule has 0 amide bonds. The molecule has 28 heavy (non-hydrogen) atoms. The fourth-order valence-corrected chi connectivity index (χ4v) is 4.98. The quantitative estimate of drug-likeness (QED) is 0.511. The van der Waals surface area contributed by atoms with Gasteiger partial charge in [0.2, 0.25) is 10.0 Å². The molecule has 0 saturated heterocycles. The van der Waals surface area contributed by atoms with Crippen molar-refractivity contribution in [2.45, 2.75) is 25.2 Å². The van der Waals surface area contributed by atoms with Crippen LogP contribution in [0.5, 0.6) is 0 Å². The first kappa shape index (κ1) is 20.7. The maximum Gasteiger partial charge on any atom is 0.244 e. The van der Waals surface area contributed by atoms with Crippen molar-refractivity contribution in [2.75, 3.05) is 26.2 Å². The summed E-state index contributed by atoms with van der Waals surface area (Å²) < 4.78 is 30.4. The normalized spacial score (nSPS) is 12.0. The summed E-state index contributed by atoms with van der Waals surface area (Å²) in [7, 11) is -3.66. The molecular weight excluding hydrogens is 392 g/mol. The smallest absolute Gasteiger partial charge is 0.244 e. The Balaban J connectivity index is 1.84. The van der Waals surface area contributed by atoms with Gasteiger partial charge in [0.1, 0.15) is 10.6 Å². The Morgan fingerprint density at radius 3 is 2.50 bits per heavy atom. The fourth-order valence-electron chi connectivity index (χ4n) is 2.98. The van der Waals surface area contributed by atoms with Crippen LogP contribution in [0.3, 0.4) is 0 Å². The number of benzene rings is 1. The van der Waals surface area contributed by atoms with Gasteiger partial charge in [0.25, 0.3) is 0 Å². The Kier molecular flexibility index (Phi) is 7.01. The van der Waals surface area contributed by atoms with E-state index in [2.05, 4.69) is 28.6 Å². The Morgan fingerprint density at radius 1 is 1.11 bits per heavy atom. The van der Waals surface area contributed by atoms with Gasteiger partial charge in [-0.05, 0) is 49.6 Å². The van der Waals surface area contributed by atoms with E-state index in [1.807, 2.05) is 47.8 Å². The lowest BCUT2D eigenvalue weighted by atomic mass is 10.3. The van der Waals surface area contributed by atoms with Gasteiger partial charge in [0, 0.05) is 6.54 Å². The highest BCUT2D eigenvalue weighted by atomic mass is 32.2. The zero-order chi connectivity index (χ0) is 20.0. The molecule has 0 radical (unpaired) electrons. The molecule has 150 valence electrons. The molecule has 2 heterocycles. The molecule has 3 rings (SSSR count). The molecule has 1 aromatic carbocycles. The molecule has 0 aliphatic carbocycles. The number of rotatable bonds is 10. The number of hydrogen-bond donors (Lipinski definition) is 1. The van der Waals surface area contributed by atoms with Crippen LogP contribution in [0, 0.1) is 0 Å². The van der Waals surface area contributed by atoms with Crippen LogP contribution in [0.15, 0.2) is 58.9 Å². The molecule has 2 aromatic heterocycles. The third-order valence-electron chi connectivity index (χ3n) is 4.58. The maximum atomic E-state index is 13.0. The average molecular weight is 419 g/mol. The third-order valence-corrected chi connectivity index (χ3v) is 6.92. The van der Waals surface area contributed by atoms with Crippen molar-refractivity contribution in [3.8, 4) is 16.3 Å². The zero-order valence-electron chi connectivity index (χ0n) is 16.2. The summed E-state index contributed by atoms with van der Waals surface area (Å²) in [6, 6.07) is 13.3. The van der Waals surface area contributed by atoms with Crippen molar-refractivity contribution in [1.82, 2.24) is 19.4 Å². The highest BCUT2D eigenvalue weighted by Gasteiger charge is 2.24. The second kappa shape index (κ2) is 9.47. The van der Waals surface area contributed by atoms with Crippen molar-refractivity contribution >= 4 is 21.4 Å². The molecule has 0 aliphatic heterocycles. The van der Waals surface area contributed by atoms with Crippen molar-refractivity contribution in [2.24, 2.45) is 0 Å². The summed E-state index contributed by atoms with van der Waals surface area (Å²) in [6.07, 6.45) is 2.36. The van der Waals surface area contributed by atoms with Crippen LogP contribution < -0.4 is 4.72 Å². The molecular formula is C20H26N4O2S2. The summed E-state index contributed by atoms with van der Waals surface area (Å²) in [6.45, 7) is 7.43. The van der Waals surface area contributed by atoms with Crippen LogP contribution in [-0.4, -0.2) is 49.3 Å². The van der Waals surface area contributed by atoms with Gasteiger partial charge in [-0.15, -0.1) is 11.3 Å². The summed E-state index contributed by atoms with van der Waals surface area (Å²) >= 11 is 1.48. The highest BCUT2D eigenvalue weighted by molar-refractivity contribution is 7.89. The van der Waals surface area contributed by atoms with Crippen LogP contribution in [-0.2, 0) is 10.0 Å². The molecule has 0 atom stereocenters. The monoisotopic (exact) mass is 418 g/mol. The number of nitrogens with zero attached hydrogens (tertiary/aromatic N) is 3. The minimum Gasteiger partial charge on any atom is -0.304 e. The Hall–Kier alpha value is -2.00. The van der Waals surface area contributed by atoms with Gasteiger partial charge in [0.05, 0.1) is 16.8 Å². The first-order valence-corrected chi connectivity index (χ1v) is 11.8. The van der Waals surface area contributed by atoms with Crippen molar-refractivity contribution in [1.29, 1.82) is 0 Å². The van der Waals surface area contributed by atoms with E-state index in [1.165, 1.54) is 11.3 Å². The number of aromatic nitrogens is 2. The minimum absolute atomic E-state index is 0.210. The van der Waals surface area contributed by atoms with Gasteiger partial charge >= 0.3 is 0 Å². The van der Waals surface area contributed by atoms with Gasteiger partial charge in [-0.2, -0.15) is 5.10 Å². The average Bonchev–Trinajstić information content (AvgIpc) is 3.39. The van der Waals surface area contributed by atoms with E-state index in [-0.39, 0.29) is 4.90 Å². The predicted molar refractivity (Wildman–Crippen MR) is 114 cm³/mol. The number of hydrogen-bond acceptors (Lipinski definition) is 5. The lowest BCUT2D eigenvalue weighted by molar-refractivity contribution is 0.300. The van der Waals surface area contributed by atoms with Crippen LogP contribution in [0.2, 0.25) is 0 Å². The molecule has 0 aliphatic rings. The van der Waals surface area contributed by atoms with Crippen LogP contribution in [0.25, 0.3) is 16.3 Å². The number of para-hydroxylation sites is 1. The molecule has 0 spiro atoms. The molecule has 0 saturated carbocycles. The SMILES string of the molecule is CCN(CC)CCCNS(=O)(=O)c1cn(-c2ccccc2)nc1-c1cccs1. The highest BCUT2D eigenvalue weighted by Crippen LogP contribution is 2.30. The van der Waals surface area contributed by atoms with E-state index in [1.54, 1.807) is 10.9 Å². The summed E-state index contributed by atoms with van der Waals surface area (Å²) in [5.74, 6) is 0. The predicted octanol–water partition coefficient (Wildman–Crippen LogP) is 3.61. The van der Waals surface area contributed by atoms with Crippen molar-refractivity contribution in [3.05, 3.63) is 54.0 Å². The van der Waals surface area contributed by atoms with Gasteiger partial charge in [-0.1, -0.05) is 38.1 Å². The number of nitrogens with one attached hydrogen (secondary N) is 1. The molecule has 1 N–H and O–H groups in total. The topological polar surface area (TPSA) is 67.2 Å². The van der Waals surface area contributed by atoms with Gasteiger partial charge in [-0.25, -0.2) is 17.8 Å². The lowest BCUT2D eigenvalue weighted by Crippen LogP contribution is -2.30. The number of thiophene rings is 1. The summed E-state index contributed by atoms with van der Waals surface area (Å²) in [5.41, 5.74) is 1.30. The molecule has 0 bridgehead atoms. The second-order valence-corrected chi connectivity index (χ2v) is 9.06. The fraction of sp³-hybridized carbons (Fsp3) is 0.350. The minimum atomic E-state index is -3.66. The zero-order valence-corrected chi connectivity index (χ0v) is 17.8. The van der Waals surface area contributed by atoms with Gasteiger partial charge in [-0.3, -0.25) is 0 Å². The van der Waals surface area contributed by atoms with E-state index in [4.69, 9.17) is 0 Å². The largest absolute Gasteiger partial charge is 0.304 e. The molecule has 0 fully saturated rings. The van der Waals surface area contributed by atoms with E-state index < -0.39 is 10.0 Å². The second-order valence-electron chi connectivity index (χ2n) is 6.38. The molecule has 6 nitrogen and oxygen atoms in total. The lowest BCUT2D eigenvalue weighted by Gasteiger charge is -2.17. The molecule has 8 heteroatoms. The first-order chi connectivity index (χ1) is 13.5. The van der Waals surface area contributed by atoms with E-state index >= 15 is 0 Å². The third kappa shape index (κ3) is 4.88. The Labute approximate surface area is 170 Å². The van der Waals surface area contributed by atoms with Crippen LogP contribution in [0.1, 0.15) is 20.3 Å². The number of sulfonamides is 1. The Morgan fingerprint density at radius 2 is 1.86 bits per heavy atom. The molecule has 3 aromatic rings. The van der Waals surface area contributed by atoms with E-state index in [0.29, 0.717) is 12.2 Å². The van der Waals surface area contributed by atoms with Crippen LogP contribution in [0.4, 0.5) is 0 Å². The summed E-state index contributed by atoms with van der Waals surface area (Å²) in [4.78, 5) is 3.32. The molecule has 0 unspecified atom stereocenters. The van der Waals surface area contributed by atoms with Crippen molar-refractivity contribution in [3.63, 3.8) is 0 Å². The van der Waals surface area contributed by atoms with Crippen molar-refractivity contribution < 1.29 is 8.42 Å². The van der Waals surface area contributed by atoms with E-state index in [0.717, 1.165) is 36.6 Å². The van der Waals surface area contributed by atoms with E-state index in [9.17, 15) is 8.42 Å². The van der Waals surface area contributed by atoms with Gasteiger partial charge in [0.15, 0.2) is 0 Å². The summed E-state index contributed by atoms with van der Waals surface area (Å²) in [5, 5.41) is 6.49. The maximum absolute atomic E-state index is 13.0. The first-order valence-electron chi connectivity index (χ1n) is 9.46. The van der Waals surface area contributed by atoms with Gasteiger partial charge < -0.3 is 4.90 Å². The Bertz CT molecular complexity index is 963. The van der Waals surface area contributed by atoms with Crippen LogP contribution >= 0.6 is 11.3 Å². The standard InChI is InChI=1S/C20H26N4O2S2/c1-3-23(4-2)14-9-13-21-28(25,26)19-16-24(17-10-6-5-7-11-17)22-20(19)18-12-8-15-27-18/h5-8,10-12,15-16,21H,3-4,9,13-14H2,1-2H3.